The summed E-state index contributed by atoms with van der Waals surface area (Å²) in [6.45, 7) is 16.5. The van der Waals surface area contributed by atoms with E-state index >= 15 is 0 Å². The zero-order chi connectivity index (χ0) is 36.6. The van der Waals surface area contributed by atoms with E-state index in [0.717, 1.165) is 42.0 Å². The van der Waals surface area contributed by atoms with Gasteiger partial charge in [0.1, 0.15) is 27.2 Å². The van der Waals surface area contributed by atoms with Crippen molar-refractivity contribution < 1.29 is 26.7 Å². The predicted octanol–water partition coefficient (Wildman–Crippen LogP) is 9.91. The number of carbonyl (C=O) groups excluding carboxylic acids is 1. The molecule has 0 spiro atoms. The second-order valence-corrected chi connectivity index (χ2v) is 13.2. The first-order chi connectivity index (χ1) is 22.2. The van der Waals surface area contributed by atoms with Crippen LogP contribution in [0.1, 0.15) is 91.4 Å². The van der Waals surface area contributed by atoms with Gasteiger partial charge in [-0.15, -0.1) is 0 Å². The first-order valence-electron chi connectivity index (χ1n) is 15.7. The molecule has 3 rings (SSSR count). The molecule has 12 heteroatoms. The molecule has 0 aliphatic rings. The maximum atomic E-state index is 13.9. The summed E-state index contributed by atoms with van der Waals surface area (Å²) in [7, 11) is -1.21. The average Bonchev–Trinajstić information content (AvgIpc) is 3.02. The van der Waals surface area contributed by atoms with E-state index in [-0.39, 0.29) is 4.90 Å². The van der Waals surface area contributed by atoms with Crippen molar-refractivity contribution >= 4 is 45.3 Å². The van der Waals surface area contributed by atoms with Crippen LogP contribution in [-0.2, 0) is 9.84 Å². The molecule has 1 aromatic heterocycles. The number of nitrogens with two attached hydrogens (primary N) is 1. The summed E-state index contributed by atoms with van der Waals surface area (Å²) in [6.07, 6.45) is 10.1. The van der Waals surface area contributed by atoms with Gasteiger partial charge in [0, 0.05) is 35.9 Å². The van der Waals surface area contributed by atoms with Gasteiger partial charge < -0.3 is 15.2 Å². The van der Waals surface area contributed by atoms with Gasteiger partial charge in [0.15, 0.2) is 6.29 Å². The molecule has 0 saturated carbocycles. The lowest BCUT2D eigenvalue weighted by molar-refractivity contribution is 0.112. The molecule has 2 aromatic carbocycles. The van der Waals surface area contributed by atoms with Crippen LogP contribution < -0.4 is 15.2 Å². The highest BCUT2D eigenvalue weighted by molar-refractivity contribution is 8.00. The fraction of sp³-hybridized carbons (Fsp3) is 0.457. The Balaban J connectivity index is 0. The zero-order valence-electron chi connectivity index (χ0n) is 29.8. The number of pyridine rings is 1. The first kappa shape index (κ1) is 45.6. The number of ether oxygens (including phenoxy) is 1. The van der Waals surface area contributed by atoms with Crippen molar-refractivity contribution in [2.75, 3.05) is 24.3 Å². The van der Waals surface area contributed by atoms with Crippen LogP contribution in [-0.4, -0.2) is 45.1 Å². The third kappa shape index (κ3) is 20.4. The number of rotatable bonds is 11. The van der Waals surface area contributed by atoms with Crippen LogP contribution in [0.2, 0.25) is 0 Å². The number of benzene rings is 2. The van der Waals surface area contributed by atoms with E-state index < -0.39 is 21.5 Å². The fourth-order valence-electron chi connectivity index (χ4n) is 3.76. The van der Waals surface area contributed by atoms with Gasteiger partial charge in [0.25, 0.3) is 0 Å². The number of nitrogens with zero attached hydrogens (tertiary/aromatic N) is 2. The topological polar surface area (TPSA) is 124 Å². The van der Waals surface area contributed by atoms with Gasteiger partial charge in [-0.1, -0.05) is 80.2 Å². The molecule has 1 heterocycles. The molecule has 47 heavy (non-hydrogen) atoms. The Morgan fingerprint density at radius 3 is 2.06 bits per heavy atom. The van der Waals surface area contributed by atoms with Crippen LogP contribution >= 0.6 is 11.9 Å². The van der Waals surface area contributed by atoms with E-state index in [1.807, 2.05) is 27.7 Å². The molecule has 0 atom stereocenters. The van der Waals surface area contributed by atoms with Crippen LogP contribution in [0.4, 0.5) is 20.2 Å². The van der Waals surface area contributed by atoms with Crippen molar-refractivity contribution in [2.45, 2.75) is 86.0 Å². The van der Waals surface area contributed by atoms with Crippen molar-refractivity contribution in [2.24, 2.45) is 16.6 Å². The minimum atomic E-state index is -2.67. The summed E-state index contributed by atoms with van der Waals surface area (Å²) >= 11 is 0.960. The van der Waals surface area contributed by atoms with Crippen molar-refractivity contribution in [3.8, 4) is 17.0 Å². The minimum Gasteiger partial charge on any atom is -0.480 e. The van der Waals surface area contributed by atoms with Crippen molar-refractivity contribution in [3.63, 3.8) is 0 Å². The molecule has 0 aliphatic heterocycles. The number of hydrogen-bond donors (Lipinski definition) is 2. The summed E-state index contributed by atoms with van der Waals surface area (Å²) in [6, 6.07) is 10.2. The third-order valence-corrected chi connectivity index (χ3v) is 6.43. The van der Waals surface area contributed by atoms with Crippen molar-refractivity contribution in [1.29, 1.82) is 0 Å². The quantitative estimate of drug-likeness (QED) is 0.0879. The molecule has 0 aliphatic carbocycles. The van der Waals surface area contributed by atoms with E-state index in [2.05, 4.69) is 35.5 Å². The number of methoxy groups -OCH3 is 1. The number of anilines is 1. The molecule has 3 N–H and O–H groups in total. The van der Waals surface area contributed by atoms with Crippen LogP contribution in [0.5, 0.6) is 5.88 Å². The zero-order valence-corrected chi connectivity index (χ0v) is 31.4. The lowest BCUT2D eigenvalue weighted by Gasteiger charge is -2.12. The molecule has 0 fully saturated rings. The van der Waals surface area contributed by atoms with E-state index in [9.17, 15) is 22.0 Å². The number of nitrogens with one attached hydrogen (secondary N) is 1. The molecular formula is C35H54F2N4O4S2. The van der Waals surface area contributed by atoms with Crippen molar-refractivity contribution in [3.05, 3.63) is 65.9 Å². The molecular weight excluding hydrogens is 643 g/mol. The van der Waals surface area contributed by atoms with E-state index in [4.69, 9.17) is 10.5 Å². The summed E-state index contributed by atoms with van der Waals surface area (Å²) in [5.74, 6) is 0.266. The Labute approximate surface area is 286 Å². The second kappa shape index (κ2) is 25.6. The number of carbonyl (C=O) groups is 1. The van der Waals surface area contributed by atoms with Crippen LogP contribution in [0.3, 0.4) is 0 Å². The minimum absolute atomic E-state index is 0.214. The van der Waals surface area contributed by atoms with Gasteiger partial charge in [0.05, 0.1) is 23.5 Å². The molecule has 8 nitrogen and oxygen atoms in total. The lowest BCUT2D eigenvalue weighted by Crippen LogP contribution is -2.04. The van der Waals surface area contributed by atoms with Crippen LogP contribution in [0.25, 0.3) is 11.1 Å². The van der Waals surface area contributed by atoms with E-state index in [1.54, 1.807) is 37.4 Å². The summed E-state index contributed by atoms with van der Waals surface area (Å²) in [5, 5.41) is 0. The number of aromatic nitrogens is 1. The fourth-order valence-corrected chi connectivity index (χ4v) is 4.42. The average molecular weight is 697 g/mol. The molecule has 3 aromatic rings. The Morgan fingerprint density at radius 2 is 1.60 bits per heavy atom. The molecule has 0 saturated heterocycles. The normalized spacial score (nSPS) is 10.5. The number of halogens is 2. The number of aliphatic imine (C=N–C) groups is 1. The molecule has 264 valence electrons. The molecule has 0 amide bonds. The Hall–Kier alpha value is -3.51. The van der Waals surface area contributed by atoms with Crippen LogP contribution in [0, 0.1) is 17.6 Å². The third-order valence-electron chi connectivity index (χ3n) is 5.56. The van der Waals surface area contributed by atoms with Crippen LogP contribution in [0.15, 0.2) is 58.5 Å². The summed E-state index contributed by atoms with van der Waals surface area (Å²) < 4.78 is 54.5. The summed E-state index contributed by atoms with van der Waals surface area (Å²) in [4.78, 5) is 20.1. The van der Waals surface area contributed by atoms with Gasteiger partial charge in [-0.05, 0) is 60.7 Å². The number of aldehydes is 1. The molecule has 0 radical (unpaired) electrons. The Bertz CT molecular complexity index is 1450. The first-order valence-corrected chi connectivity index (χ1v) is 18.8. The monoisotopic (exact) mass is 696 g/mol. The number of sulfone groups is 1. The number of amidine groups is 1. The number of hydrogen-bond acceptors (Lipinski definition) is 8. The highest BCUT2D eigenvalue weighted by atomic mass is 32.2. The predicted molar refractivity (Wildman–Crippen MR) is 197 cm³/mol. The van der Waals surface area contributed by atoms with Gasteiger partial charge in [-0.25, -0.2) is 27.2 Å². The Morgan fingerprint density at radius 1 is 1.02 bits per heavy atom. The highest BCUT2D eigenvalue weighted by Gasteiger charge is 2.12. The van der Waals surface area contributed by atoms with Gasteiger partial charge in [-0.3, -0.25) is 4.79 Å². The molecule has 0 unspecified atom stereocenters. The molecule has 0 bridgehead atoms. The van der Waals surface area contributed by atoms with Gasteiger partial charge in [0.2, 0.25) is 5.88 Å². The maximum absolute atomic E-state index is 13.9. The lowest BCUT2D eigenvalue weighted by atomic mass is 10.0. The summed E-state index contributed by atoms with van der Waals surface area (Å²) in [5.41, 5.74) is 8.35. The second-order valence-electron chi connectivity index (χ2n) is 10.0. The standard InChI is InChI=1S/C21H18F2N4O2S.C8H18.C2H6O2S.2C2H6/c1-12(24)26-18-5-3-13(7-15(18)11-28)14-8-19(21(29-2)25-10-14)27-30-20-6-4-16(22)9-17(20)23;1-4-6-8(3)7-5-2;1-5(2,3)4;2*1-2/h3-11,27H,1-2H3,(H2,24,26);8H,4-7H2,1-3H3;1-2H3;2*1-2H3. The highest BCUT2D eigenvalue weighted by Crippen LogP contribution is 2.34. The van der Waals surface area contributed by atoms with E-state index in [1.165, 1.54) is 44.9 Å². The van der Waals surface area contributed by atoms with Crippen molar-refractivity contribution in [1.82, 2.24) is 4.98 Å². The largest absolute Gasteiger partial charge is 0.480 e. The SMILES string of the molecule is CC.CC.CCCC(C)CCC.COc1ncc(-c2ccc(N=C(C)N)c(C=O)c2)cc1NSc1ccc(F)cc1F.CS(C)(=O)=O. The van der Waals surface area contributed by atoms with E-state index in [0.29, 0.717) is 40.5 Å². The smallest absolute Gasteiger partial charge is 0.237 e. The van der Waals surface area contributed by atoms with Gasteiger partial charge in [-0.2, -0.15) is 0 Å². The maximum Gasteiger partial charge on any atom is 0.237 e. The Kier molecular flexibility index (Phi) is 24.8. The van der Waals surface area contributed by atoms with Gasteiger partial charge >= 0.3 is 0 Å².